The number of phenols is 1. The van der Waals surface area contributed by atoms with Gasteiger partial charge in [-0.1, -0.05) is 12.1 Å². The third-order valence-corrected chi connectivity index (χ3v) is 3.25. The predicted octanol–water partition coefficient (Wildman–Crippen LogP) is 2.46. The van der Waals surface area contributed by atoms with Gasteiger partial charge in [-0.05, 0) is 19.1 Å². The molecule has 0 aromatic heterocycles. The lowest BCUT2D eigenvalue weighted by atomic mass is 10.1. The maximum absolute atomic E-state index is 12.0. The maximum Gasteiger partial charge on any atom is 0.275 e. The molecule has 0 spiro atoms. The van der Waals surface area contributed by atoms with Crippen molar-refractivity contribution in [2.75, 3.05) is 7.11 Å². The molecule has 0 aliphatic heterocycles. The number of methoxy groups -OCH3 is 1. The molecule has 8 heteroatoms. The summed E-state index contributed by atoms with van der Waals surface area (Å²) in [5.41, 5.74) is 3.16. The van der Waals surface area contributed by atoms with E-state index in [-0.39, 0.29) is 17.0 Å². The van der Waals surface area contributed by atoms with Crippen molar-refractivity contribution in [3.05, 3.63) is 63.7 Å². The molecule has 0 heterocycles. The van der Waals surface area contributed by atoms with E-state index in [0.29, 0.717) is 17.0 Å². The number of phenolic OH excluding ortho intramolecular Hbond substituents is 1. The summed E-state index contributed by atoms with van der Waals surface area (Å²) in [6, 6.07) is 10.1. The lowest BCUT2D eigenvalue weighted by Crippen LogP contribution is -2.19. The van der Waals surface area contributed by atoms with Crippen molar-refractivity contribution in [2.24, 2.45) is 5.10 Å². The van der Waals surface area contributed by atoms with Crippen LogP contribution in [0.1, 0.15) is 22.8 Å². The van der Waals surface area contributed by atoms with Crippen LogP contribution in [0.25, 0.3) is 0 Å². The molecule has 2 aromatic rings. The molecule has 124 valence electrons. The summed E-state index contributed by atoms with van der Waals surface area (Å²) in [6.07, 6.45) is 0. The van der Waals surface area contributed by atoms with E-state index in [1.165, 1.54) is 43.5 Å². The average molecular weight is 329 g/mol. The van der Waals surface area contributed by atoms with Crippen molar-refractivity contribution in [3.8, 4) is 11.5 Å². The summed E-state index contributed by atoms with van der Waals surface area (Å²) in [7, 11) is 1.45. The SMILES string of the molecule is COc1ccc(C(=O)N/N=C(/C)c2cccc([N+](=O)[O-])c2)c(O)c1. The molecule has 1 amide bonds. The molecule has 0 bridgehead atoms. The van der Waals surface area contributed by atoms with E-state index in [2.05, 4.69) is 10.5 Å². The van der Waals surface area contributed by atoms with E-state index in [9.17, 15) is 20.0 Å². The lowest BCUT2D eigenvalue weighted by Gasteiger charge is -2.06. The van der Waals surface area contributed by atoms with Crippen LogP contribution in [0.4, 0.5) is 5.69 Å². The van der Waals surface area contributed by atoms with Crippen molar-refractivity contribution in [1.29, 1.82) is 0 Å². The Kier molecular flexibility index (Phi) is 5.10. The van der Waals surface area contributed by atoms with Gasteiger partial charge in [-0.2, -0.15) is 5.10 Å². The Morgan fingerprint density at radius 2 is 2.04 bits per heavy atom. The molecule has 0 radical (unpaired) electrons. The summed E-state index contributed by atoms with van der Waals surface area (Å²) in [5, 5.41) is 24.5. The van der Waals surface area contributed by atoms with Gasteiger partial charge in [0.25, 0.3) is 11.6 Å². The zero-order valence-electron chi connectivity index (χ0n) is 13.0. The Balaban J connectivity index is 2.16. The van der Waals surface area contributed by atoms with E-state index in [4.69, 9.17) is 4.74 Å². The van der Waals surface area contributed by atoms with Gasteiger partial charge in [-0.15, -0.1) is 0 Å². The summed E-state index contributed by atoms with van der Waals surface area (Å²) in [5.74, 6) is -0.435. The number of carbonyl (C=O) groups is 1. The van der Waals surface area contributed by atoms with Gasteiger partial charge in [0, 0.05) is 23.8 Å². The first-order valence-electron chi connectivity index (χ1n) is 6.89. The molecule has 8 nitrogen and oxygen atoms in total. The Bertz CT molecular complexity index is 817. The monoisotopic (exact) mass is 329 g/mol. The second-order valence-electron chi connectivity index (χ2n) is 4.83. The van der Waals surface area contributed by atoms with E-state index in [1.807, 2.05) is 0 Å². The quantitative estimate of drug-likeness (QED) is 0.497. The number of hydrogen-bond acceptors (Lipinski definition) is 6. The van der Waals surface area contributed by atoms with Gasteiger partial charge in [0.15, 0.2) is 0 Å². The number of benzene rings is 2. The molecule has 2 aromatic carbocycles. The van der Waals surface area contributed by atoms with Gasteiger partial charge in [-0.25, -0.2) is 5.43 Å². The number of hydrazone groups is 1. The highest BCUT2D eigenvalue weighted by Crippen LogP contribution is 2.23. The number of nitrogens with zero attached hydrogens (tertiary/aromatic N) is 2. The van der Waals surface area contributed by atoms with Gasteiger partial charge in [-0.3, -0.25) is 14.9 Å². The zero-order chi connectivity index (χ0) is 17.7. The highest BCUT2D eigenvalue weighted by molar-refractivity contribution is 6.02. The minimum atomic E-state index is -0.611. The number of rotatable bonds is 5. The third-order valence-electron chi connectivity index (χ3n) is 3.25. The van der Waals surface area contributed by atoms with Crippen LogP contribution in [-0.2, 0) is 0 Å². The highest BCUT2D eigenvalue weighted by Gasteiger charge is 2.12. The first-order chi connectivity index (χ1) is 11.4. The van der Waals surface area contributed by atoms with Crippen molar-refractivity contribution in [1.82, 2.24) is 5.43 Å². The van der Waals surface area contributed by atoms with Crippen LogP contribution in [-0.4, -0.2) is 28.8 Å². The first kappa shape index (κ1) is 16.9. The number of carbonyl (C=O) groups excluding carboxylic acids is 1. The first-order valence-corrected chi connectivity index (χ1v) is 6.89. The minimum Gasteiger partial charge on any atom is -0.507 e. The number of non-ortho nitro benzene ring substituents is 1. The Labute approximate surface area is 137 Å². The van der Waals surface area contributed by atoms with E-state index < -0.39 is 10.8 Å². The van der Waals surface area contributed by atoms with Crippen LogP contribution in [0.3, 0.4) is 0 Å². The molecule has 0 fully saturated rings. The minimum absolute atomic E-state index is 0.0337. The second kappa shape index (κ2) is 7.23. The second-order valence-corrected chi connectivity index (χ2v) is 4.83. The van der Waals surface area contributed by atoms with Crippen LogP contribution in [0.2, 0.25) is 0 Å². The van der Waals surface area contributed by atoms with Crippen molar-refractivity contribution < 1.29 is 19.6 Å². The number of ether oxygens (including phenoxy) is 1. The molecule has 2 rings (SSSR count). The summed E-state index contributed by atoms with van der Waals surface area (Å²) < 4.78 is 4.94. The molecule has 0 atom stereocenters. The van der Waals surface area contributed by atoms with Crippen molar-refractivity contribution in [2.45, 2.75) is 6.92 Å². The number of nitro groups is 1. The molecular formula is C16H15N3O5. The zero-order valence-corrected chi connectivity index (χ0v) is 13.0. The number of nitrogens with one attached hydrogen (secondary N) is 1. The molecule has 0 unspecified atom stereocenters. The standard InChI is InChI=1S/C16H15N3O5/c1-10(11-4-3-5-12(8-11)19(22)23)17-18-16(21)14-7-6-13(24-2)9-15(14)20/h3-9,20H,1-2H3,(H,18,21)/b17-10-. The predicted molar refractivity (Wildman–Crippen MR) is 87.4 cm³/mol. The fourth-order valence-corrected chi connectivity index (χ4v) is 1.93. The normalized spacial score (nSPS) is 11.0. The van der Waals surface area contributed by atoms with E-state index in [1.54, 1.807) is 13.0 Å². The molecular weight excluding hydrogens is 314 g/mol. The van der Waals surface area contributed by atoms with Crippen LogP contribution < -0.4 is 10.2 Å². The third kappa shape index (κ3) is 3.86. The maximum atomic E-state index is 12.0. The van der Waals surface area contributed by atoms with Gasteiger partial charge in [0.2, 0.25) is 0 Å². The summed E-state index contributed by atoms with van der Waals surface area (Å²) in [6.45, 7) is 1.60. The molecule has 2 N–H and O–H groups in total. The van der Waals surface area contributed by atoms with E-state index in [0.717, 1.165) is 0 Å². The fraction of sp³-hybridized carbons (Fsp3) is 0.125. The van der Waals surface area contributed by atoms with Gasteiger partial charge >= 0.3 is 0 Å². The van der Waals surface area contributed by atoms with Crippen molar-refractivity contribution >= 4 is 17.3 Å². The molecule has 24 heavy (non-hydrogen) atoms. The average Bonchev–Trinajstić information content (AvgIpc) is 2.59. The summed E-state index contributed by atoms with van der Waals surface area (Å²) in [4.78, 5) is 22.3. The number of aromatic hydroxyl groups is 1. The number of amides is 1. The van der Waals surface area contributed by atoms with Crippen LogP contribution in [0.5, 0.6) is 11.5 Å². The van der Waals surface area contributed by atoms with Gasteiger partial charge < -0.3 is 9.84 Å². The van der Waals surface area contributed by atoms with Crippen LogP contribution in [0.15, 0.2) is 47.6 Å². The topological polar surface area (TPSA) is 114 Å². The Hall–Kier alpha value is -3.42. The summed E-state index contributed by atoms with van der Waals surface area (Å²) >= 11 is 0. The number of nitro benzene ring substituents is 1. The lowest BCUT2D eigenvalue weighted by molar-refractivity contribution is -0.384. The largest absolute Gasteiger partial charge is 0.507 e. The van der Waals surface area contributed by atoms with Crippen molar-refractivity contribution in [3.63, 3.8) is 0 Å². The van der Waals surface area contributed by atoms with Crippen LogP contribution >= 0.6 is 0 Å². The Morgan fingerprint density at radius 1 is 1.29 bits per heavy atom. The molecule has 0 aliphatic rings. The number of hydrogen-bond donors (Lipinski definition) is 2. The van der Waals surface area contributed by atoms with E-state index >= 15 is 0 Å². The van der Waals surface area contributed by atoms with Gasteiger partial charge in [0.05, 0.1) is 23.3 Å². The fourth-order valence-electron chi connectivity index (χ4n) is 1.93. The smallest absolute Gasteiger partial charge is 0.275 e. The molecule has 0 aliphatic carbocycles. The molecule has 0 saturated heterocycles. The Morgan fingerprint density at radius 3 is 2.67 bits per heavy atom. The van der Waals surface area contributed by atoms with Gasteiger partial charge in [0.1, 0.15) is 11.5 Å². The van der Waals surface area contributed by atoms with Crippen LogP contribution in [0, 0.1) is 10.1 Å². The highest BCUT2D eigenvalue weighted by atomic mass is 16.6. The molecule has 0 saturated carbocycles.